The zero-order valence-corrected chi connectivity index (χ0v) is 10.4. The van der Waals surface area contributed by atoms with Gasteiger partial charge in [-0.25, -0.2) is 0 Å². The Morgan fingerprint density at radius 2 is 2.06 bits per heavy atom. The van der Waals surface area contributed by atoms with Gasteiger partial charge in [-0.05, 0) is 18.6 Å². The molecule has 2 aromatic rings. The first kappa shape index (κ1) is 12.1. The van der Waals surface area contributed by atoms with Gasteiger partial charge in [0.2, 0.25) is 5.91 Å². The summed E-state index contributed by atoms with van der Waals surface area (Å²) in [5.74, 6) is 0.525. The van der Waals surface area contributed by atoms with E-state index < -0.39 is 0 Å². The van der Waals surface area contributed by atoms with Gasteiger partial charge in [-0.2, -0.15) is 5.10 Å². The lowest BCUT2D eigenvalue weighted by molar-refractivity contribution is -0.111. The highest BCUT2D eigenvalue weighted by atomic mass is 16.1. The van der Waals surface area contributed by atoms with E-state index in [1.165, 1.54) is 6.08 Å². The fourth-order valence-corrected chi connectivity index (χ4v) is 1.63. The van der Waals surface area contributed by atoms with Gasteiger partial charge in [-0.1, -0.05) is 30.3 Å². The van der Waals surface area contributed by atoms with Gasteiger partial charge in [0.1, 0.15) is 5.82 Å². The Labute approximate surface area is 106 Å². The number of nitrogens with one attached hydrogen (secondary N) is 1. The van der Waals surface area contributed by atoms with E-state index in [2.05, 4.69) is 10.4 Å². The van der Waals surface area contributed by atoms with Crippen LogP contribution in [0.15, 0.2) is 42.5 Å². The summed E-state index contributed by atoms with van der Waals surface area (Å²) >= 11 is 0. The number of nitrogens with zero attached hydrogens (tertiary/aromatic N) is 2. The van der Waals surface area contributed by atoms with E-state index in [-0.39, 0.29) is 5.91 Å². The molecular weight excluding hydrogens is 226 g/mol. The first-order chi connectivity index (χ1) is 8.65. The molecule has 0 fully saturated rings. The van der Waals surface area contributed by atoms with Gasteiger partial charge in [-0.3, -0.25) is 9.48 Å². The number of amides is 1. The molecular formula is C14H15N3O. The quantitative estimate of drug-likeness (QED) is 0.839. The molecule has 1 N–H and O–H groups in total. The molecule has 0 radical (unpaired) electrons. The molecule has 0 aliphatic rings. The molecule has 92 valence electrons. The summed E-state index contributed by atoms with van der Waals surface area (Å²) in [6, 6.07) is 11.5. The number of carbonyl (C=O) groups excluding carboxylic acids is 1. The van der Waals surface area contributed by atoms with Crippen molar-refractivity contribution in [1.82, 2.24) is 9.78 Å². The number of anilines is 1. The Morgan fingerprint density at radius 1 is 1.33 bits per heavy atom. The SMILES string of the molecule is Cc1cc(NC(=O)/C=C/c2ccccc2)n(C)n1. The molecule has 1 heterocycles. The molecule has 1 aromatic carbocycles. The van der Waals surface area contributed by atoms with Crippen LogP contribution in [0.2, 0.25) is 0 Å². The van der Waals surface area contributed by atoms with Crippen molar-refractivity contribution < 1.29 is 4.79 Å². The standard InChI is InChI=1S/C14H15N3O/c1-11-10-13(17(2)16-11)15-14(18)9-8-12-6-4-3-5-7-12/h3-10H,1-2H3,(H,15,18)/b9-8+. The number of hydrogen-bond donors (Lipinski definition) is 1. The highest BCUT2D eigenvalue weighted by molar-refractivity contribution is 6.01. The monoisotopic (exact) mass is 241 g/mol. The number of rotatable bonds is 3. The van der Waals surface area contributed by atoms with Crippen LogP contribution in [-0.2, 0) is 11.8 Å². The second kappa shape index (κ2) is 5.31. The molecule has 1 amide bonds. The van der Waals surface area contributed by atoms with Gasteiger partial charge < -0.3 is 5.32 Å². The lowest BCUT2D eigenvalue weighted by atomic mass is 10.2. The van der Waals surface area contributed by atoms with Gasteiger partial charge in [0, 0.05) is 19.2 Å². The van der Waals surface area contributed by atoms with Crippen LogP contribution in [0, 0.1) is 6.92 Å². The summed E-state index contributed by atoms with van der Waals surface area (Å²) in [5.41, 5.74) is 1.87. The fourth-order valence-electron chi connectivity index (χ4n) is 1.63. The van der Waals surface area contributed by atoms with Gasteiger partial charge >= 0.3 is 0 Å². The molecule has 0 spiro atoms. The molecule has 18 heavy (non-hydrogen) atoms. The number of aryl methyl sites for hydroxylation is 2. The van der Waals surface area contributed by atoms with E-state index in [4.69, 9.17) is 0 Å². The number of benzene rings is 1. The van der Waals surface area contributed by atoms with Crippen molar-refractivity contribution >= 4 is 17.8 Å². The summed E-state index contributed by atoms with van der Waals surface area (Å²) in [7, 11) is 1.80. The number of carbonyl (C=O) groups is 1. The third kappa shape index (κ3) is 3.07. The molecule has 4 heteroatoms. The summed E-state index contributed by atoms with van der Waals surface area (Å²) in [5, 5.41) is 6.94. The Kier molecular flexibility index (Phi) is 3.57. The van der Waals surface area contributed by atoms with E-state index in [1.807, 2.05) is 43.3 Å². The van der Waals surface area contributed by atoms with E-state index in [9.17, 15) is 4.79 Å². The third-order valence-electron chi connectivity index (χ3n) is 2.48. The van der Waals surface area contributed by atoms with E-state index in [0.29, 0.717) is 5.82 Å². The van der Waals surface area contributed by atoms with Crippen molar-refractivity contribution in [2.75, 3.05) is 5.32 Å². The first-order valence-corrected chi connectivity index (χ1v) is 5.70. The van der Waals surface area contributed by atoms with Crippen molar-refractivity contribution in [1.29, 1.82) is 0 Å². The summed E-state index contributed by atoms with van der Waals surface area (Å²) in [6.45, 7) is 1.88. The highest BCUT2D eigenvalue weighted by Crippen LogP contribution is 2.08. The van der Waals surface area contributed by atoms with Gasteiger partial charge in [0.05, 0.1) is 5.69 Å². The van der Waals surface area contributed by atoms with Crippen LogP contribution in [0.5, 0.6) is 0 Å². The van der Waals surface area contributed by atoms with E-state index >= 15 is 0 Å². The fraction of sp³-hybridized carbons (Fsp3) is 0.143. The van der Waals surface area contributed by atoms with Crippen molar-refractivity contribution in [2.45, 2.75) is 6.92 Å². The van der Waals surface area contributed by atoms with Crippen LogP contribution >= 0.6 is 0 Å². The van der Waals surface area contributed by atoms with Gasteiger partial charge in [0.25, 0.3) is 0 Å². The predicted molar refractivity (Wildman–Crippen MR) is 72.1 cm³/mol. The van der Waals surface area contributed by atoms with E-state index in [0.717, 1.165) is 11.3 Å². The molecule has 1 aromatic heterocycles. The predicted octanol–water partition coefficient (Wildman–Crippen LogP) is 2.38. The highest BCUT2D eigenvalue weighted by Gasteiger charge is 2.03. The van der Waals surface area contributed by atoms with Crippen LogP contribution in [0.4, 0.5) is 5.82 Å². The van der Waals surface area contributed by atoms with Crippen LogP contribution in [0.3, 0.4) is 0 Å². The van der Waals surface area contributed by atoms with Crippen LogP contribution in [0.25, 0.3) is 6.08 Å². The molecule has 0 saturated carbocycles. The zero-order chi connectivity index (χ0) is 13.0. The Balaban J connectivity index is 2.01. The van der Waals surface area contributed by atoms with Gasteiger partial charge in [-0.15, -0.1) is 0 Å². The topological polar surface area (TPSA) is 46.9 Å². The summed E-state index contributed by atoms with van der Waals surface area (Å²) in [6.07, 6.45) is 3.29. The molecule has 0 saturated heterocycles. The van der Waals surface area contributed by atoms with Crippen molar-refractivity contribution in [3.8, 4) is 0 Å². The van der Waals surface area contributed by atoms with Crippen LogP contribution < -0.4 is 5.32 Å². The molecule has 0 aliphatic heterocycles. The summed E-state index contributed by atoms with van der Waals surface area (Å²) in [4.78, 5) is 11.7. The summed E-state index contributed by atoms with van der Waals surface area (Å²) < 4.78 is 1.64. The lowest BCUT2D eigenvalue weighted by Gasteiger charge is -2.01. The maximum Gasteiger partial charge on any atom is 0.249 e. The molecule has 4 nitrogen and oxygen atoms in total. The minimum atomic E-state index is -0.165. The smallest absolute Gasteiger partial charge is 0.249 e. The Morgan fingerprint density at radius 3 is 2.67 bits per heavy atom. The van der Waals surface area contributed by atoms with Crippen molar-refractivity contribution in [2.24, 2.45) is 7.05 Å². The maximum atomic E-state index is 11.7. The molecule has 2 rings (SSSR count). The second-order valence-electron chi connectivity index (χ2n) is 4.03. The minimum absolute atomic E-state index is 0.165. The molecule has 0 unspecified atom stereocenters. The van der Waals surface area contributed by atoms with Crippen molar-refractivity contribution in [3.05, 3.63) is 53.7 Å². The average Bonchev–Trinajstić information content (AvgIpc) is 2.67. The number of hydrogen-bond acceptors (Lipinski definition) is 2. The lowest BCUT2D eigenvalue weighted by Crippen LogP contribution is -2.11. The first-order valence-electron chi connectivity index (χ1n) is 5.70. The molecule has 0 aliphatic carbocycles. The second-order valence-corrected chi connectivity index (χ2v) is 4.03. The van der Waals surface area contributed by atoms with Crippen molar-refractivity contribution in [3.63, 3.8) is 0 Å². The third-order valence-corrected chi connectivity index (χ3v) is 2.48. The Hall–Kier alpha value is -2.36. The zero-order valence-electron chi connectivity index (χ0n) is 10.4. The largest absolute Gasteiger partial charge is 0.307 e. The number of aromatic nitrogens is 2. The normalized spacial score (nSPS) is 10.8. The van der Waals surface area contributed by atoms with Crippen LogP contribution in [-0.4, -0.2) is 15.7 Å². The Bertz CT molecular complexity index is 570. The van der Waals surface area contributed by atoms with E-state index in [1.54, 1.807) is 17.8 Å². The maximum absolute atomic E-state index is 11.7. The van der Waals surface area contributed by atoms with Crippen LogP contribution in [0.1, 0.15) is 11.3 Å². The minimum Gasteiger partial charge on any atom is -0.307 e. The average molecular weight is 241 g/mol. The molecule has 0 bridgehead atoms. The van der Waals surface area contributed by atoms with Gasteiger partial charge in [0.15, 0.2) is 0 Å². The molecule has 0 atom stereocenters.